The Bertz CT molecular complexity index is 406. The number of esters is 1. The summed E-state index contributed by atoms with van der Waals surface area (Å²) < 4.78 is 41.6. The van der Waals surface area contributed by atoms with Gasteiger partial charge in [-0.25, -0.2) is 0 Å². The third-order valence-electron chi connectivity index (χ3n) is 1.99. The highest BCUT2D eigenvalue weighted by Crippen LogP contribution is 2.18. The van der Waals surface area contributed by atoms with Crippen molar-refractivity contribution in [3.8, 4) is 0 Å². The molecule has 0 saturated heterocycles. The molecule has 0 N–H and O–H groups in total. The van der Waals surface area contributed by atoms with E-state index in [2.05, 4.69) is 4.74 Å². The van der Waals surface area contributed by atoms with Crippen molar-refractivity contribution in [2.75, 3.05) is 7.11 Å². The Morgan fingerprint density at radius 3 is 2.50 bits per heavy atom. The zero-order chi connectivity index (χ0) is 12.3. The smallest absolute Gasteiger partial charge is 0.469 e. The number of halogens is 4. The predicted octanol–water partition coefficient (Wildman–Crippen LogP) is 2.11. The summed E-state index contributed by atoms with van der Waals surface area (Å²) >= 11 is 5.48. The van der Waals surface area contributed by atoms with Crippen LogP contribution in [0, 0.1) is 0 Å². The number of benzene rings is 1. The second-order valence-corrected chi connectivity index (χ2v) is 3.59. The molecule has 0 atom stereocenters. The van der Waals surface area contributed by atoms with Crippen molar-refractivity contribution in [3.05, 3.63) is 28.8 Å². The molecule has 2 nitrogen and oxygen atoms in total. The van der Waals surface area contributed by atoms with E-state index in [-0.39, 0.29) is 6.42 Å². The number of carbonyl (C=O) groups is 1. The van der Waals surface area contributed by atoms with Crippen LogP contribution in [0.25, 0.3) is 0 Å². The minimum Gasteiger partial charge on any atom is -0.469 e. The minimum atomic E-state index is -5.12. The van der Waals surface area contributed by atoms with Crippen molar-refractivity contribution in [2.24, 2.45) is 0 Å². The van der Waals surface area contributed by atoms with Gasteiger partial charge in [0.25, 0.3) is 0 Å². The first kappa shape index (κ1) is 12.9. The molecule has 1 rings (SSSR count). The standard InChI is InChI=1S/C9H8BClF3O2/c1-16-9(15)5-6-2-3-7(8(11)4-6)10(12,13)14/h2-4H,5H2,1H3/q-1. The lowest BCUT2D eigenvalue weighted by molar-refractivity contribution is -0.139. The third-order valence-corrected chi connectivity index (χ3v) is 2.32. The molecule has 0 aliphatic rings. The number of hydrogen-bond donors (Lipinski definition) is 0. The van der Waals surface area contributed by atoms with Crippen LogP contribution < -0.4 is 5.46 Å². The van der Waals surface area contributed by atoms with E-state index in [0.717, 1.165) is 12.1 Å². The Kier molecular flexibility index (Phi) is 3.85. The van der Waals surface area contributed by atoms with Gasteiger partial charge in [-0.05, 0) is 11.6 Å². The van der Waals surface area contributed by atoms with Crippen LogP contribution in [0.5, 0.6) is 0 Å². The third kappa shape index (κ3) is 3.16. The first-order valence-electron chi connectivity index (χ1n) is 4.39. The van der Waals surface area contributed by atoms with Crippen molar-refractivity contribution < 1.29 is 22.5 Å². The summed E-state index contributed by atoms with van der Waals surface area (Å²) in [6, 6.07) is 3.22. The van der Waals surface area contributed by atoms with Gasteiger partial charge in [0.15, 0.2) is 0 Å². The van der Waals surface area contributed by atoms with Crippen LogP contribution in [0.15, 0.2) is 18.2 Å². The molecular weight excluding hydrogens is 243 g/mol. The SMILES string of the molecule is COC(=O)Cc1ccc([B-](F)(F)F)c(Cl)c1. The highest BCUT2D eigenvalue weighted by molar-refractivity contribution is 6.75. The highest BCUT2D eigenvalue weighted by atomic mass is 35.5. The summed E-state index contributed by atoms with van der Waals surface area (Å²) in [6.07, 6.45) is -0.0959. The zero-order valence-corrected chi connectivity index (χ0v) is 9.10. The minimum absolute atomic E-state index is 0.0959. The van der Waals surface area contributed by atoms with Gasteiger partial charge < -0.3 is 17.7 Å². The van der Waals surface area contributed by atoms with Crippen LogP contribution in [0.1, 0.15) is 5.56 Å². The molecule has 0 aliphatic heterocycles. The van der Waals surface area contributed by atoms with Crippen molar-refractivity contribution in [1.82, 2.24) is 0 Å². The first-order chi connectivity index (χ1) is 7.34. The van der Waals surface area contributed by atoms with E-state index in [1.807, 2.05) is 0 Å². The topological polar surface area (TPSA) is 26.3 Å². The predicted molar refractivity (Wildman–Crippen MR) is 55.9 cm³/mol. The maximum Gasteiger partial charge on any atom is 0.511 e. The average Bonchev–Trinajstić information content (AvgIpc) is 2.15. The Morgan fingerprint density at radius 2 is 2.06 bits per heavy atom. The molecule has 0 aliphatic carbocycles. The van der Waals surface area contributed by atoms with Gasteiger partial charge in [-0.2, -0.15) is 0 Å². The van der Waals surface area contributed by atoms with Gasteiger partial charge in [-0.15, -0.1) is 0 Å². The molecule has 7 heteroatoms. The Hall–Kier alpha value is -1.17. The summed E-state index contributed by atoms with van der Waals surface area (Å²) in [5.41, 5.74) is -0.462. The Balaban J connectivity index is 2.96. The maximum absolute atomic E-state index is 12.4. The molecule has 0 spiro atoms. The lowest BCUT2D eigenvalue weighted by Crippen LogP contribution is -2.34. The molecule has 1 aromatic rings. The lowest BCUT2D eigenvalue weighted by atomic mass is 9.79. The number of rotatable bonds is 3. The summed E-state index contributed by atoms with van der Waals surface area (Å²) in [5.74, 6) is -0.527. The number of hydrogen-bond acceptors (Lipinski definition) is 2. The van der Waals surface area contributed by atoms with Gasteiger partial charge in [0.2, 0.25) is 0 Å². The summed E-state index contributed by atoms with van der Waals surface area (Å²) in [4.78, 5) is 10.9. The van der Waals surface area contributed by atoms with E-state index in [4.69, 9.17) is 11.6 Å². The fraction of sp³-hybridized carbons (Fsp3) is 0.222. The van der Waals surface area contributed by atoms with Gasteiger partial charge in [0, 0.05) is 5.02 Å². The van der Waals surface area contributed by atoms with Crippen LogP contribution in [-0.4, -0.2) is 20.1 Å². The fourth-order valence-electron chi connectivity index (χ4n) is 1.18. The number of ether oxygens (including phenoxy) is 1. The normalized spacial score (nSPS) is 11.3. The Morgan fingerprint density at radius 1 is 1.44 bits per heavy atom. The number of carbonyl (C=O) groups excluding carboxylic acids is 1. The first-order valence-corrected chi connectivity index (χ1v) is 4.77. The molecule has 0 radical (unpaired) electrons. The van der Waals surface area contributed by atoms with Gasteiger partial charge in [0.05, 0.1) is 13.5 Å². The number of methoxy groups -OCH3 is 1. The Labute approximate surface area is 95.4 Å². The van der Waals surface area contributed by atoms with Crippen LogP contribution in [0.3, 0.4) is 0 Å². The maximum atomic E-state index is 12.4. The molecule has 16 heavy (non-hydrogen) atoms. The highest BCUT2D eigenvalue weighted by Gasteiger charge is 2.28. The lowest BCUT2D eigenvalue weighted by Gasteiger charge is -2.17. The quantitative estimate of drug-likeness (QED) is 0.607. The van der Waals surface area contributed by atoms with E-state index in [1.165, 1.54) is 13.2 Å². The van der Waals surface area contributed by atoms with Crippen molar-refractivity contribution in [2.45, 2.75) is 6.42 Å². The molecule has 0 heterocycles. The zero-order valence-electron chi connectivity index (χ0n) is 8.34. The molecule has 0 fully saturated rings. The largest absolute Gasteiger partial charge is 0.511 e. The van der Waals surface area contributed by atoms with Crippen molar-refractivity contribution >= 4 is 30.0 Å². The molecule has 0 aromatic heterocycles. The summed E-state index contributed by atoms with van der Waals surface area (Å²) in [6.45, 7) is -5.12. The molecular formula is C9H8BClF3O2-. The van der Waals surface area contributed by atoms with Crippen LogP contribution >= 0.6 is 11.6 Å². The monoisotopic (exact) mass is 251 g/mol. The summed E-state index contributed by atoms with van der Waals surface area (Å²) in [5, 5.41) is -0.395. The molecule has 0 bridgehead atoms. The van der Waals surface area contributed by atoms with Crippen LogP contribution in [0.4, 0.5) is 12.9 Å². The second-order valence-electron chi connectivity index (χ2n) is 3.18. The average molecular weight is 251 g/mol. The van der Waals surface area contributed by atoms with E-state index in [9.17, 15) is 17.7 Å². The second kappa shape index (κ2) is 4.78. The van der Waals surface area contributed by atoms with E-state index in [0.29, 0.717) is 5.56 Å². The van der Waals surface area contributed by atoms with Crippen molar-refractivity contribution in [3.63, 3.8) is 0 Å². The molecule has 88 valence electrons. The van der Waals surface area contributed by atoms with Gasteiger partial charge in [-0.3, -0.25) is 4.79 Å². The van der Waals surface area contributed by atoms with Crippen LogP contribution in [-0.2, 0) is 16.0 Å². The van der Waals surface area contributed by atoms with E-state index >= 15 is 0 Å². The van der Waals surface area contributed by atoms with E-state index in [1.54, 1.807) is 0 Å². The summed E-state index contributed by atoms with van der Waals surface area (Å²) in [7, 11) is 1.21. The molecule has 0 saturated carbocycles. The van der Waals surface area contributed by atoms with Gasteiger partial charge in [0.1, 0.15) is 0 Å². The van der Waals surface area contributed by atoms with Gasteiger partial charge in [-0.1, -0.05) is 29.2 Å². The van der Waals surface area contributed by atoms with Crippen LogP contribution in [0.2, 0.25) is 5.02 Å². The molecule has 0 amide bonds. The molecule has 1 aromatic carbocycles. The van der Waals surface area contributed by atoms with E-state index < -0.39 is 23.4 Å². The fourth-order valence-corrected chi connectivity index (χ4v) is 1.51. The molecule has 0 unspecified atom stereocenters. The van der Waals surface area contributed by atoms with Gasteiger partial charge >= 0.3 is 12.9 Å². The van der Waals surface area contributed by atoms with Crippen molar-refractivity contribution in [1.29, 1.82) is 0 Å².